The monoisotopic (exact) mass is 402 g/mol. The van der Waals surface area contributed by atoms with Gasteiger partial charge < -0.3 is 19.7 Å². The summed E-state index contributed by atoms with van der Waals surface area (Å²) >= 11 is 0. The summed E-state index contributed by atoms with van der Waals surface area (Å²) in [6.45, 7) is 4.37. The van der Waals surface area contributed by atoms with E-state index in [9.17, 15) is 18.8 Å². The van der Waals surface area contributed by atoms with Crippen LogP contribution < -0.4 is 10.1 Å². The summed E-state index contributed by atoms with van der Waals surface area (Å²) < 4.78 is 23.4. The fourth-order valence-corrected chi connectivity index (χ4v) is 2.63. The zero-order chi connectivity index (χ0) is 21.4. The lowest BCUT2D eigenvalue weighted by Crippen LogP contribution is -2.30. The number of carbonyl (C=O) groups is 3. The van der Waals surface area contributed by atoms with Crippen LogP contribution in [-0.2, 0) is 9.53 Å². The summed E-state index contributed by atoms with van der Waals surface area (Å²) in [6.07, 6.45) is 0. The predicted molar refractivity (Wildman–Crippen MR) is 106 cm³/mol. The van der Waals surface area contributed by atoms with Crippen molar-refractivity contribution in [1.82, 2.24) is 4.90 Å². The number of methoxy groups -OCH3 is 1. The minimum atomic E-state index is -0.841. The lowest BCUT2D eigenvalue weighted by atomic mass is 10.1. The molecule has 0 unspecified atom stereocenters. The summed E-state index contributed by atoms with van der Waals surface area (Å²) in [5.74, 6) is -2.27. The Kier molecular flexibility index (Phi) is 7.70. The molecule has 1 N–H and O–H groups in total. The number of benzene rings is 2. The molecule has 8 heteroatoms. The van der Waals surface area contributed by atoms with Crippen LogP contribution >= 0.6 is 0 Å². The molecule has 2 aromatic carbocycles. The molecule has 0 saturated carbocycles. The van der Waals surface area contributed by atoms with Crippen molar-refractivity contribution >= 4 is 23.5 Å². The Labute approximate surface area is 168 Å². The van der Waals surface area contributed by atoms with Gasteiger partial charge in [-0.3, -0.25) is 9.59 Å². The molecular formula is C21H23FN2O5. The molecule has 2 aromatic rings. The molecule has 0 aliphatic carbocycles. The molecule has 154 valence electrons. The molecule has 0 bridgehead atoms. The second-order valence-electron chi connectivity index (χ2n) is 6.03. The van der Waals surface area contributed by atoms with Gasteiger partial charge in [0, 0.05) is 24.3 Å². The number of ether oxygens (including phenoxy) is 2. The molecule has 0 saturated heterocycles. The molecule has 0 spiro atoms. The first-order chi connectivity index (χ1) is 13.9. The predicted octanol–water partition coefficient (Wildman–Crippen LogP) is 3.11. The van der Waals surface area contributed by atoms with Gasteiger partial charge in [0.2, 0.25) is 0 Å². The van der Waals surface area contributed by atoms with Crippen molar-refractivity contribution in [2.75, 3.05) is 32.1 Å². The van der Waals surface area contributed by atoms with Crippen molar-refractivity contribution < 1.29 is 28.2 Å². The van der Waals surface area contributed by atoms with Crippen molar-refractivity contribution in [3.05, 3.63) is 59.4 Å². The number of hydrogen-bond acceptors (Lipinski definition) is 5. The zero-order valence-electron chi connectivity index (χ0n) is 16.5. The smallest absolute Gasteiger partial charge is 0.338 e. The SMILES string of the molecule is CCN(CC)C(=O)c1cccc(NC(=O)COC(=O)c2ccc(OC)c(F)c2)c1. The second-order valence-corrected chi connectivity index (χ2v) is 6.03. The quantitative estimate of drug-likeness (QED) is 0.686. The Morgan fingerprint density at radius 1 is 1.03 bits per heavy atom. The van der Waals surface area contributed by atoms with E-state index in [1.165, 1.54) is 19.2 Å². The fraction of sp³-hybridized carbons (Fsp3) is 0.286. The Morgan fingerprint density at radius 2 is 1.76 bits per heavy atom. The first kappa shape index (κ1) is 21.9. The summed E-state index contributed by atoms with van der Waals surface area (Å²) in [5.41, 5.74) is 0.805. The van der Waals surface area contributed by atoms with E-state index in [0.29, 0.717) is 24.3 Å². The summed E-state index contributed by atoms with van der Waals surface area (Å²) in [7, 11) is 1.31. The maximum Gasteiger partial charge on any atom is 0.338 e. The number of halogens is 1. The van der Waals surface area contributed by atoms with E-state index in [1.807, 2.05) is 13.8 Å². The summed E-state index contributed by atoms with van der Waals surface area (Å²) in [4.78, 5) is 38.1. The number of esters is 1. The first-order valence-corrected chi connectivity index (χ1v) is 9.09. The Bertz CT molecular complexity index is 896. The first-order valence-electron chi connectivity index (χ1n) is 9.09. The molecule has 7 nitrogen and oxygen atoms in total. The highest BCUT2D eigenvalue weighted by Crippen LogP contribution is 2.18. The molecule has 0 aromatic heterocycles. The second kappa shape index (κ2) is 10.2. The molecule has 0 aliphatic rings. The fourth-order valence-electron chi connectivity index (χ4n) is 2.63. The van der Waals surface area contributed by atoms with Gasteiger partial charge in [0.05, 0.1) is 12.7 Å². The summed E-state index contributed by atoms with van der Waals surface area (Å²) in [6, 6.07) is 10.1. The maximum absolute atomic E-state index is 13.7. The average molecular weight is 402 g/mol. The van der Waals surface area contributed by atoms with Gasteiger partial charge >= 0.3 is 5.97 Å². The van der Waals surface area contributed by atoms with E-state index >= 15 is 0 Å². The minimum Gasteiger partial charge on any atom is -0.494 e. The molecular weight excluding hydrogens is 379 g/mol. The van der Waals surface area contributed by atoms with E-state index < -0.39 is 24.3 Å². The highest BCUT2D eigenvalue weighted by atomic mass is 19.1. The van der Waals surface area contributed by atoms with Crippen LogP contribution in [0.5, 0.6) is 5.75 Å². The standard InChI is InChI=1S/C21H23FN2O5/c1-4-24(5-2)20(26)14-7-6-8-16(11-14)23-19(25)13-29-21(27)15-9-10-18(28-3)17(22)12-15/h6-12H,4-5,13H2,1-3H3,(H,23,25). The zero-order valence-corrected chi connectivity index (χ0v) is 16.5. The van der Waals surface area contributed by atoms with E-state index in [1.54, 1.807) is 29.2 Å². The van der Waals surface area contributed by atoms with Crippen LogP contribution in [0.15, 0.2) is 42.5 Å². The number of nitrogens with zero attached hydrogens (tertiary/aromatic N) is 1. The third-order valence-electron chi connectivity index (χ3n) is 4.17. The van der Waals surface area contributed by atoms with Gasteiger partial charge in [0.1, 0.15) is 0 Å². The summed E-state index contributed by atoms with van der Waals surface area (Å²) in [5, 5.41) is 2.57. The molecule has 0 heterocycles. The molecule has 0 atom stereocenters. The van der Waals surface area contributed by atoms with Crippen molar-refractivity contribution in [1.29, 1.82) is 0 Å². The largest absolute Gasteiger partial charge is 0.494 e. The van der Waals surface area contributed by atoms with Crippen LogP contribution in [0.3, 0.4) is 0 Å². The molecule has 2 rings (SSSR count). The Balaban J connectivity index is 1.95. The highest BCUT2D eigenvalue weighted by molar-refractivity contribution is 5.98. The van der Waals surface area contributed by atoms with Gasteiger partial charge in [0.25, 0.3) is 11.8 Å². The van der Waals surface area contributed by atoms with Crippen molar-refractivity contribution in [2.24, 2.45) is 0 Å². The third kappa shape index (κ3) is 5.78. The minimum absolute atomic E-state index is 0.00145. The van der Waals surface area contributed by atoms with Crippen LogP contribution in [0.1, 0.15) is 34.6 Å². The van der Waals surface area contributed by atoms with Gasteiger partial charge in [-0.1, -0.05) is 6.07 Å². The van der Waals surface area contributed by atoms with Crippen LogP contribution in [-0.4, -0.2) is 49.5 Å². The van der Waals surface area contributed by atoms with E-state index in [4.69, 9.17) is 9.47 Å². The van der Waals surface area contributed by atoms with E-state index in [-0.39, 0.29) is 17.2 Å². The van der Waals surface area contributed by atoms with Crippen molar-refractivity contribution in [2.45, 2.75) is 13.8 Å². The Hall–Kier alpha value is -3.42. The van der Waals surface area contributed by atoms with Gasteiger partial charge in [-0.25, -0.2) is 9.18 Å². The highest BCUT2D eigenvalue weighted by Gasteiger charge is 2.15. The van der Waals surface area contributed by atoms with Crippen LogP contribution in [0.4, 0.5) is 10.1 Å². The lowest BCUT2D eigenvalue weighted by molar-refractivity contribution is -0.119. The van der Waals surface area contributed by atoms with Gasteiger partial charge in [0.15, 0.2) is 18.2 Å². The van der Waals surface area contributed by atoms with Gasteiger partial charge in [-0.15, -0.1) is 0 Å². The molecule has 0 radical (unpaired) electrons. The number of nitrogens with one attached hydrogen (secondary N) is 1. The van der Waals surface area contributed by atoms with Gasteiger partial charge in [-0.05, 0) is 50.2 Å². The van der Waals surface area contributed by atoms with Gasteiger partial charge in [-0.2, -0.15) is 0 Å². The maximum atomic E-state index is 13.7. The number of carbonyl (C=O) groups excluding carboxylic acids is 3. The average Bonchev–Trinajstić information content (AvgIpc) is 2.73. The van der Waals surface area contributed by atoms with Crippen LogP contribution in [0.25, 0.3) is 0 Å². The van der Waals surface area contributed by atoms with Crippen LogP contribution in [0, 0.1) is 5.82 Å². The topological polar surface area (TPSA) is 84.9 Å². The van der Waals surface area contributed by atoms with Crippen molar-refractivity contribution in [3.63, 3.8) is 0 Å². The molecule has 29 heavy (non-hydrogen) atoms. The number of hydrogen-bond donors (Lipinski definition) is 1. The van der Waals surface area contributed by atoms with E-state index in [0.717, 1.165) is 6.07 Å². The van der Waals surface area contributed by atoms with Crippen LogP contribution in [0.2, 0.25) is 0 Å². The third-order valence-corrected chi connectivity index (χ3v) is 4.17. The Morgan fingerprint density at radius 3 is 2.38 bits per heavy atom. The normalized spacial score (nSPS) is 10.2. The lowest BCUT2D eigenvalue weighted by Gasteiger charge is -2.19. The van der Waals surface area contributed by atoms with Crippen molar-refractivity contribution in [3.8, 4) is 5.75 Å². The molecule has 0 aliphatic heterocycles. The molecule has 0 fully saturated rings. The number of anilines is 1. The molecule has 2 amide bonds. The van der Waals surface area contributed by atoms with E-state index in [2.05, 4.69) is 5.32 Å². The number of rotatable bonds is 8. The number of amides is 2.